The number of carbonyl (C=O) groups is 1. The monoisotopic (exact) mass is 258 g/mol. The first-order valence-corrected chi connectivity index (χ1v) is 6.88. The predicted octanol–water partition coefficient (Wildman–Crippen LogP) is 2.30. The highest BCUT2D eigenvalue weighted by Crippen LogP contribution is 2.25. The molecule has 0 aliphatic carbocycles. The fourth-order valence-corrected chi connectivity index (χ4v) is 2.57. The van der Waals surface area contributed by atoms with E-state index in [0.717, 1.165) is 32.5 Å². The number of allylic oxidation sites excluding steroid dienone is 1. The van der Waals surface area contributed by atoms with Crippen LogP contribution in [0.25, 0.3) is 0 Å². The summed E-state index contributed by atoms with van der Waals surface area (Å²) in [6.07, 6.45) is 3.83. The second kappa shape index (κ2) is 6.53. The summed E-state index contributed by atoms with van der Waals surface area (Å²) in [6, 6.07) is 8.22. The Morgan fingerprint density at radius 1 is 1.53 bits per heavy atom. The van der Waals surface area contributed by atoms with E-state index >= 15 is 0 Å². The summed E-state index contributed by atoms with van der Waals surface area (Å²) in [5.41, 5.74) is 2.42. The number of nitrogens with one attached hydrogen (secondary N) is 1. The van der Waals surface area contributed by atoms with E-state index in [-0.39, 0.29) is 11.8 Å². The Bertz CT molecular complexity index is 456. The second-order valence-corrected chi connectivity index (χ2v) is 5.07. The van der Waals surface area contributed by atoms with Crippen LogP contribution in [0.1, 0.15) is 29.9 Å². The van der Waals surface area contributed by atoms with Crippen molar-refractivity contribution in [3.8, 4) is 0 Å². The van der Waals surface area contributed by atoms with E-state index in [1.54, 1.807) is 0 Å². The maximum atomic E-state index is 12.5. The van der Waals surface area contributed by atoms with Crippen molar-refractivity contribution < 1.29 is 4.79 Å². The lowest BCUT2D eigenvalue weighted by atomic mass is 9.90. The number of rotatable bonds is 5. The molecule has 102 valence electrons. The molecule has 0 fully saturated rings. The first-order valence-electron chi connectivity index (χ1n) is 6.88. The molecule has 0 radical (unpaired) electrons. The molecule has 19 heavy (non-hydrogen) atoms. The molecule has 1 aliphatic rings. The van der Waals surface area contributed by atoms with Gasteiger partial charge in [0.2, 0.25) is 5.91 Å². The van der Waals surface area contributed by atoms with E-state index < -0.39 is 0 Å². The van der Waals surface area contributed by atoms with Crippen LogP contribution >= 0.6 is 0 Å². The van der Waals surface area contributed by atoms with Crippen LogP contribution in [0.3, 0.4) is 0 Å². The van der Waals surface area contributed by atoms with Crippen molar-refractivity contribution in [2.24, 2.45) is 0 Å². The lowest BCUT2D eigenvalue weighted by molar-refractivity contribution is -0.131. The lowest BCUT2D eigenvalue weighted by Crippen LogP contribution is -2.40. The van der Waals surface area contributed by atoms with E-state index in [0.29, 0.717) is 0 Å². The van der Waals surface area contributed by atoms with Gasteiger partial charge in [-0.05, 0) is 24.0 Å². The van der Waals surface area contributed by atoms with E-state index in [1.165, 1.54) is 11.1 Å². The number of hydrogen-bond acceptors (Lipinski definition) is 2. The van der Waals surface area contributed by atoms with E-state index in [2.05, 4.69) is 24.0 Å². The summed E-state index contributed by atoms with van der Waals surface area (Å²) < 4.78 is 0. The maximum Gasteiger partial charge on any atom is 0.231 e. The molecule has 3 heteroatoms. The molecular formula is C16H22N2O. The van der Waals surface area contributed by atoms with Crippen LogP contribution in [0.4, 0.5) is 0 Å². The highest BCUT2D eigenvalue weighted by Gasteiger charge is 2.27. The van der Waals surface area contributed by atoms with Gasteiger partial charge in [0.1, 0.15) is 0 Å². The van der Waals surface area contributed by atoms with Crippen molar-refractivity contribution >= 4 is 5.91 Å². The molecule has 1 aliphatic heterocycles. The van der Waals surface area contributed by atoms with E-state index in [9.17, 15) is 4.79 Å². The number of fused-ring (bicyclic) bond motifs is 1. The zero-order valence-corrected chi connectivity index (χ0v) is 11.6. The lowest BCUT2D eigenvalue weighted by Gasteiger charge is -2.29. The summed E-state index contributed by atoms with van der Waals surface area (Å²) in [6.45, 7) is 6.10. The van der Waals surface area contributed by atoms with Crippen molar-refractivity contribution in [2.75, 3.05) is 20.1 Å². The van der Waals surface area contributed by atoms with Crippen LogP contribution in [0.2, 0.25) is 0 Å². The molecule has 1 heterocycles. The summed E-state index contributed by atoms with van der Waals surface area (Å²) in [7, 11) is 1.89. The number of likely N-dealkylation sites (N-methyl/N-ethyl adjacent to an activating group) is 1. The summed E-state index contributed by atoms with van der Waals surface area (Å²) in [5.74, 6) is 0.169. The third-order valence-corrected chi connectivity index (χ3v) is 3.67. The van der Waals surface area contributed by atoms with Crippen LogP contribution in [-0.4, -0.2) is 30.9 Å². The molecule has 1 unspecified atom stereocenters. The van der Waals surface area contributed by atoms with Crippen LogP contribution < -0.4 is 5.32 Å². The van der Waals surface area contributed by atoms with Crippen LogP contribution in [0.15, 0.2) is 36.9 Å². The zero-order valence-electron chi connectivity index (χ0n) is 11.6. The SMILES string of the molecule is C=CCCCN(C)C(=O)C1CNCc2ccccc21. The summed E-state index contributed by atoms with van der Waals surface area (Å²) >= 11 is 0. The van der Waals surface area contributed by atoms with Gasteiger partial charge >= 0.3 is 0 Å². The molecule has 1 aromatic carbocycles. The minimum Gasteiger partial charge on any atom is -0.345 e. The molecule has 1 aromatic rings. The Hall–Kier alpha value is -1.61. The Morgan fingerprint density at radius 2 is 2.32 bits per heavy atom. The topological polar surface area (TPSA) is 32.3 Å². The molecule has 0 aromatic heterocycles. The van der Waals surface area contributed by atoms with Crippen LogP contribution in [0, 0.1) is 0 Å². The molecular weight excluding hydrogens is 236 g/mol. The van der Waals surface area contributed by atoms with Crippen LogP contribution in [0.5, 0.6) is 0 Å². The molecule has 1 atom stereocenters. The average Bonchev–Trinajstić information content (AvgIpc) is 2.46. The van der Waals surface area contributed by atoms with E-state index in [4.69, 9.17) is 0 Å². The van der Waals surface area contributed by atoms with Crippen molar-refractivity contribution in [1.82, 2.24) is 10.2 Å². The van der Waals surface area contributed by atoms with Crippen LogP contribution in [-0.2, 0) is 11.3 Å². The summed E-state index contributed by atoms with van der Waals surface area (Å²) in [5, 5.41) is 3.33. The van der Waals surface area contributed by atoms with Gasteiger partial charge in [-0.15, -0.1) is 6.58 Å². The van der Waals surface area contributed by atoms with Crippen molar-refractivity contribution in [2.45, 2.75) is 25.3 Å². The minimum atomic E-state index is -0.0429. The van der Waals surface area contributed by atoms with Crippen molar-refractivity contribution in [3.05, 3.63) is 48.0 Å². The van der Waals surface area contributed by atoms with Gasteiger partial charge in [0, 0.05) is 26.7 Å². The third kappa shape index (κ3) is 3.24. The van der Waals surface area contributed by atoms with Gasteiger partial charge < -0.3 is 10.2 Å². The minimum absolute atomic E-state index is 0.0429. The van der Waals surface area contributed by atoms with Gasteiger partial charge in [-0.25, -0.2) is 0 Å². The maximum absolute atomic E-state index is 12.5. The highest BCUT2D eigenvalue weighted by atomic mass is 16.2. The quantitative estimate of drug-likeness (QED) is 0.649. The smallest absolute Gasteiger partial charge is 0.231 e. The fourth-order valence-electron chi connectivity index (χ4n) is 2.57. The van der Waals surface area contributed by atoms with Crippen molar-refractivity contribution in [1.29, 1.82) is 0 Å². The van der Waals surface area contributed by atoms with Gasteiger partial charge in [0.15, 0.2) is 0 Å². The van der Waals surface area contributed by atoms with Gasteiger partial charge in [-0.3, -0.25) is 4.79 Å². The number of amides is 1. The average molecular weight is 258 g/mol. The van der Waals surface area contributed by atoms with Gasteiger partial charge in [0.25, 0.3) is 0 Å². The molecule has 0 saturated carbocycles. The van der Waals surface area contributed by atoms with E-state index in [1.807, 2.05) is 30.2 Å². The number of nitrogens with zero attached hydrogens (tertiary/aromatic N) is 1. The molecule has 3 nitrogen and oxygen atoms in total. The Kier molecular flexibility index (Phi) is 4.74. The number of hydrogen-bond donors (Lipinski definition) is 1. The van der Waals surface area contributed by atoms with Gasteiger partial charge in [-0.2, -0.15) is 0 Å². The molecule has 1 N–H and O–H groups in total. The highest BCUT2D eigenvalue weighted by molar-refractivity contribution is 5.84. The fraction of sp³-hybridized carbons (Fsp3) is 0.438. The summed E-state index contributed by atoms with van der Waals surface area (Å²) in [4.78, 5) is 14.4. The molecule has 0 spiro atoms. The Labute approximate surface area is 115 Å². The predicted molar refractivity (Wildman–Crippen MR) is 78.0 cm³/mol. The standard InChI is InChI=1S/C16H22N2O/c1-3-4-7-10-18(2)16(19)15-12-17-11-13-8-5-6-9-14(13)15/h3,5-6,8-9,15,17H,1,4,7,10-12H2,2H3. The molecule has 0 bridgehead atoms. The largest absolute Gasteiger partial charge is 0.345 e. The first-order chi connectivity index (χ1) is 9.24. The Balaban J connectivity index is 2.06. The van der Waals surface area contributed by atoms with Gasteiger partial charge in [-0.1, -0.05) is 30.3 Å². The normalized spacial score (nSPS) is 17.6. The van der Waals surface area contributed by atoms with Crippen molar-refractivity contribution in [3.63, 3.8) is 0 Å². The van der Waals surface area contributed by atoms with Gasteiger partial charge in [0.05, 0.1) is 5.92 Å². The number of benzene rings is 1. The number of unbranched alkanes of at least 4 members (excludes halogenated alkanes) is 1. The third-order valence-electron chi connectivity index (χ3n) is 3.67. The number of carbonyl (C=O) groups excluding carboxylic acids is 1. The molecule has 1 amide bonds. The zero-order chi connectivity index (χ0) is 13.7. The second-order valence-electron chi connectivity index (χ2n) is 5.07. The molecule has 2 rings (SSSR count). The Morgan fingerprint density at radius 3 is 3.11 bits per heavy atom. The molecule has 0 saturated heterocycles. The first kappa shape index (κ1) is 13.8.